The Morgan fingerprint density at radius 3 is 2.43 bits per heavy atom. The maximum atomic E-state index is 13.4. The van der Waals surface area contributed by atoms with Gasteiger partial charge in [-0.15, -0.1) is 10.2 Å². The van der Waals surface area contributed by atoms with E-state index in [1.54, 1.807) is 48.4 Å². The van der Waals surface area contributed by atoms with Crippen molar-refractivity contribution in [1.29, 1.82) is 0 Å². The van der Waals surface area contributed by atoms with Crippen LogP contribution in [0.3, 0.4) is 0 Å². The number of carbonyl (C=O) groups is 1. The number of rotatable bonds is 8. The lowest BCUT2D eigenvalue weighted by atomic mass is 10.0. The average molecular weight is 658 g/mol. The zero-order valence-electron chi connectivity index (χ0n) is 25.3. The molecule has 12 heteroatoms. The summed E-state index contributed by atoms with van der Waals surface area (Å²) in [5.41, 5.74) is 5.38. The van der Waals surface area contributed by atoms with Gasteiger partial charge < -0.3 is 19.7 Å². The van der Waals surface area contributed by atoms with Gasteiger partial charge in [-0.3, -0.25) is 0 Å². The molecule has 1 aliphatic heterocycles. The number of aromatic nitrogens is 3. The molecule has 4 aromatic carbocycles. The fourth-order valence-electron chi connectivity index (χ4n) is 5.48. The van der Waals surface area contributed by atoms with Crippen LogP contribution in [0.2, 0.25) is 5.02 Å². The summed E-state index contributed by atoms with van der Waals surface area (Å²) in [6.07, 6.45) is 0.243. The van der Waals surface area contributed by atoms with E-state index in [1.807, 2.05) is 55.5 Å². The molecule has 2 heterocycles. The number of nitrogens with one attached hydrogen (secondary N) is 1. The quantitative estimate of drug-likeness (QED) is 0.188. The maximum absolute atomic E-state index is 13.4. The number of aryl methyl sites for hydroxylation is 1. The van der Waals surface area contributed by atoms with Crippen LogP contribution in [-0.4, -0.2) is 60.0 Å². The van der Waals surface area contributed by atoms with E-state index >= 15 is 0 Å². The predicted octanol–water partition coefficient (Wildman–Crippen LogP) is 6.98. The van der Waals surface area contributed by atoms with E-state index in [0.29, 0.717) is 53.4 Å². The first-order valence-electron chi connectivity index (χ1n) is 14.8. The maximum Gasteiger partial charge on any atom is 0.410 e. The first-order valence-corrected chi connectivity index (χ1v) is 16.7. The molecule has 1 N–H and O–H groups in total. The van der Waals surface area contributed by atoms with Gasteiger partial charge in [0.05, 0.1) is 22.8 Å². The van der Waals surface area contributed by atoms with Crippen molar-refractivity contribution < 1.29 is 22.7 Å². The molecule has 0 radical (unpaired) electrons. The standard InChI is InChI=1S/C34H32ClN5O5S/c1-22-18-24(29-20-26(44-2)10-13-30(29)35)19-31-32(22)37-33(39-38-31)36-25-8-11-27(12-9-25)46(42,43)28-14-16-40(17-15-28)34(41)45-21-23-6-4-3-5-7-23/h3-13,18-20,28H,14-17,21H2,1-2H3,(H,36,37,39). The van der Waals surface area contributed by atoms with Crippen molar-refractivity contribution in [2.45, 2.75) is 36.5 Å². The minimum absolute atomic E-state index is 0.179. The Morgan fingerprint density at radius 2 is 1.72 bits per heavy atom. The van der Waals surface area contributed by atoms with Gasteiger partial charge in [0.1, 0.15) is 17.9 Å². The number of hydrogen-bond acceptors (Lipinski definition) is 9. The van der Waals surface area contributed by atoms with Gasteiger partial charge in [0.25, 0.3) is 0 Å². The fraction of sp³-hybridized carbons (Fsp3) is 0.235. The number of carbonyl (C=O) groups excluding carboxylic acids is 1. The molecule has 1 aromatic heterocycles. The van der Waals surface area contributed by atoms with E-state index in [1.165, 1.54) is 0 Å². The lowest BCUT2D eigenvalue weighted by molar-refractivity contribution is 0.0897. The Labute approximate surface area is 272 Å². The van der Waals surface area contributed by atoms with Crippen molar-refractivity contribution in [3.8, 4) is 16.9 Å². The number of benzene rings is 4. The molecule has 0 bridgehead atoms. The molecular formula is C34H32ClN5O5S. The number of sulfone groups is 1. The van der Waals surface area contributed by atoms with E-state index in [4.69, 9.17) is 21.1 Å². The van der Waals surface area contributed by atoms with Crippen molar-refractivity contribution in [2.75, 3.05) is 25.5 Å². The summed E-state index contributed by atoms with van der Waals surface area (Å²) in [5, 5.41) is 11.7. The molecule has 1 aliphatic rings. The summed E-state index contributed by atoms with van der Waals surface area (Å²) in [5.74, 6) is 0.978. The highest BCUT2D eigenvalue weighted by atomic mass is 35.5. The molecule has 0 saturated carbocycles. The second-order valence-electron chi connectivity index (χ2n) is 11.1. The largest absolute Gasteiger partial charge is 0.497 e. The van der Waals surface area contributed by atoms with Crippen LogP contribution in [0.4, 0.5) is 16.4 Å². The Kier molecular flexibility index (Phi) is 9.05. The number of ether oxygens (including phenoxy) is 2. The van der Waals surface area contributed by atoms with Gasteiger partial charge in [0.15, 0.2) is 9.84 Å². The molecule has 1 saturated heterocycles. The molecular weight excluding hydrogens is 626 g/mol. The van der Waals surface area contributed by atoms with E-state index in [0.717, 1.165) is 22.3 Å². The molecule has 46 heavy (non-hydrogen) atoms. The number of nitrogens with zero attached hydrogens (tertiary/aromatic N) is 4. The summed E-state index contributed by atoms with van der Waals surface area (Å²) in [6, 6.07) is 25.3. The van der Waals surface area contributed by atoms with E-state index in [-0.39, 0.29) is 17.5 Å². The van der Waals surface area contributed by atoms with Crippen LogP contribution in [0.25, 0.3) is 22.2 Å². The van der Waals surface area contributed by atoms with Crippen molar-refractivity contribution in [1.82, 2.24) is 20.1 Å². The zero-order chi connectivity index (χ0) is 32.3. The monoisotopic (exact) mass is 657 g/mol. The molecule has 10 nitrogen and oxygen atoms in total. The Morgan fingerprint density at radius 1 is 0.978 bits per heavy atom. The molecule has 0 unspecified atom stereocenters. The first kappa shape index (κ1) is 31.3. The van der Waals surface area contributed by atoms with Crippen molar-refractivity contribution in [3.05, 3.63) is 101 Å². The predicted molar refractivity (Wildman–Crippen MR) is 177 cm³/mol. The Hall–Kier alpha value is -4.74. The van der Waals surface area contributed by atoms with Crippen LogP contribution in [0.1, 0.15) is 24.0 Å². The molecule has 0 atom stereocenters. The Bertz CT molecular complexity index is 1980. The van der Waals surface area contributed by atoms with Gasteiger partial charge in [0.2, 0.25) is 5.95 Å². The van der Waals surface area contributed by atoms with Crippen LogP contribution in [-0.2, 0) is 21.2 Å². The second-order valence-corrected chi connectivity index (χ2v) is 13.7. The average Bonchev–Trinajstić information content (AvgIpc) is 3.08. The van der Waals surface area contributed by atoms with Gasteiger partial charge in [-0.2, -0.15) is 0 Å². The van der Waals surface area contributed by atoms with E-state index in [9.17, 15) is 13.2 Å². The van der Waals surface area contributed by atoms with Gasteiger partial charge >= 0.3 is 6.09 Å². The molecule has 1 fully saturated rings. The van der Waals surface area contributed by atoms with Gasteiger partial charge in [-0.25, -0.2) is 18.2 Å². The number of anilines is 2. The summed E-state index contributed by atoms with van der Waals surface area (Å²) < 4.78 is 37.6. The van der Waals surface area contributed by atoms with Crippen molar-refractivity contribution in [2.24, 2.45) is 0 Å². The number of fused-ring (bicyclic) bond motifs is 1. The summed E-state index contributed by atoms with van der Waals surface area (Å²) in [4.78, 5) is 18.9. The lowest BCUT2D eigenvalue weighted by Gasteiger charge is -2.31. The van der Waals surface area contributed by atoms with Gasteiger partial charge in [-0.1, -0.05) is 41.9 Å². The molecule has 0 aliphatic carbocycles. The summed E-state index contributed by atoms with van der Waals surface area (Å²) in [7, 11) is -1.99. The highest BCUT2D eigenvalue weighted by Crippen LogP contribution is 2.34. The van der Waals surface area contributed by atoms with Crippen LogP contribution in [0.15, 0.2) is 89.8 Å². The smallest absolute Gasteiger partial charge is 0.410 e. The van der Waals surface area contributed by atoms with Crippen LogP contribution >= 0.6 is 11.6 Å². The van der Waals surface area contributed by atoms with Crippen molar-refractivity contribution in [3.63, 3.8) is 0 Å². The molecule has 236 valence electrons. The summed E-state index contributed by atoms with van der Waals surface area (Å²) >= 11 is 6.46. The van der Waals surface area contributed by atoms with Crippen LogP contribution < -0.4 is 10.1 Å². The van der Waals surface area contributed by atoms with E-state index in [2.05, 4.69) is 20.5 Å². The normalized spacial score (nSPS) is 13.8. The molecule has 5 aromatic rings. The lowest BCUT2D eigenvalue weighted by Crippen LogP contribution is -2.42. The number of piperidine rings is 1. The second kappa shape index (κ2) is 13.3. The number of methoxy groups -OCH3 is 1. The van der Waals surface area contributed by atoms with E-state index < -0.39 is 21.2 Å². The minimum atomic E-state index is -3.59. The SMILES string of the molecule is COc1ccc(Cl)c(-c2cc(C)c3nc(Nc4ccc(S(=O)(=O)C5CCN(C(=O)OCc6ccccc6)CC5)cc4)nnc3c2)c1. The van der Waals surface area contributed by atoms with Crippen LogP contribution in [0, 0.1) is 6.92 Å². The highest BCUT2D eigenvalue weighted by Gasteiger charge is 2.33. The number of hydrogen-bond donors (Lipinski definition) is 1. The topological polar surface area (TPSA) is 124 Å². The third-order valence-electron chi connectivity index (χ3n) is 8.02. The minimum Gasteiger partial charge on any atom is -0.497 e. The molecule has 6 rings (SSSR count). The summed E-state index contributed by atoms with van der Waals surface area (Å²) in [6.45, 7) is 2.75. The third kappa shape index (κ3) is 6.75. The molecule has 0 spiro atoms. The van der Waals surface area contributed by atoms with Crippen molar-refractivity contribution >= 4 is 50.2 Å². The number of likely N-dealkylation sites (tertiary alicyclic amines) is 1. The highest BCUT2D eigenvalue weighted by molar-refractivity contribution is 7.92. The fourth-order valence-corrected chi connectivity index (χ4v) is 7.44. The van der Waals surface area contributed by atoms with Crippen LogP contribution in [0.5, 0.6) is 5.75 Å². The van der Waals surface area contributed by atoms with Gasteiger partial charge in [-0.05, 0) is 91.1 Å². The third-order valence-corrected chi connectivity index (χ3v) is 10.6. The number of amides is 1. The molecule has 1 amide bonds. The Balaban J connectivity index is 1.09. The first-order chi connectivity index (χ1) is 22.2. The number of halogens is 1. The zero-order valence-corrected chi connectivity index (χ0v) is 26.9. The van der Waals surface area contributed by atoms with Gasteiger partial charge in [0, 0.05) is 29.4 Å².